The van der Waals surface area contributed by atoms with Crippen LogP contribution in [0.1, 0.15) is 6.92 Å². The summed E-state index contributed by atoms with van der Waals surface area (Å²) in [6.45, 7) is 1.20. The molecular formula is C4H6Cl2O3. The van der Waals surface area contributed by atoms with Crippen molar-refractivity contribution in [1.82, 2.24) is 0 Å². The number of aliphatic hydroxyl groups excluding tert-OH is 1. The maximum absolute atomic E-state index is 10.0. The lowest BCUT2D eigenvalue weighted by atomic mass is 10.3. The highest BCUT2D eigenvalue weighted by molar-refractivity contribution is 6.57. The van der Waals surface area contributed by atoms with E-state index >= 15 is 0 Å². The van der Waals surface area contributed by atoms with Gasteiger partial charge in [-0.15, -0.1) is 0 Å². The van der Waals surface area contributed by atoms with Crippen LogP contribution < -0.4 is 0 Å². The molecule has 0 spiro atoms. The summed E-state index contributed by atoms with van der Waals surface area (Å²) < 4.78 is -2.08. The zero-order chi connectivity index (χ0) is 7.65. The van der Waals surface area contributed by atoms with E-state index in [0.29, 0.717) is 0 Å². The summed E-state index contributed by atoms with van der Waals surface area (Å²) in [5, 5.41) is 16.8. The van der Waals surface area contributed by atoms with Gasteiger partial charge in [0.1, 0.15) is 0 Å². The molecule has 3 nitrogen and oxygen atoms in total. The lowest BCUT2D eigenvalue weighted by Gasteiger charge is -2.16. The Bertz CT molecular complexity index is 121. The molecule has 0 heterocycles. The molecule has 0 fully saturated rings. The highest BCUT2D eigenvalue weighted by Gasteiger charge is 2.38. The molecule has 0 rings (SSSR count). The van der Waals surface area contributed by atoms with Gasteiger partial charge in [-0.1, -0.05) is 23.2 Å². The van der Waals surface area contributed by atoms with Crippen molar-refractivity contribution in [3.8, 4) is 0 Å². The number of alkyl halides is 2. The molecule has 0 aliphatic heterocycles. The zero-order valence-electron chi connectivity index (χ0n) is 4.64. The zero-order valence-corrected chi connectivity index (χ0v) is 6.15. The van der Waals surface area contributed by atoms with Crippen LogP contribution in [-0.4, -0.2) is 26.6 Å². The molecule has 0 saturated heterocycles. The van der Waals surface area contributed by atoms with Crippen molar-refractivity contribution < 1.29 is 15.0 Å². The Morgan fingerprint density at radius 2 is 2.00 bits per heavy atom. The molecule has 9 heavy (non-hydrogen) atoms. The predicted octanol–water partition coefficient (Wildman–Crippen LogP) is 0.626. The number of hydrogen-bond acceptors (Lipinski definition) is 2. The van der Waals surface area contributed by atoms with Crippen LogP contribution in [0.3, 0.4) is 0 Å². The molecule has 0 aromatic carbocycles. The van der Waals surface area contributed by atoms with E-state index in [1.54, 1.807) is 0 Å². The number of halogens is 2. The van der Waals surface area contributed by atoms with E-state index in [1.165, 1.54) is 6.92 Å². The number of aliphatic carboxylic acids is 1. The smallest absolute Gasteiger partial charge is 0.342 e. The van der Waals surface area contributed by atoms with Crippen LogP contribution in [0.5, 0.6) is 0 Å². The number of carboxylic acids is 1. The van der Waals surface area contributed by atoms with Crippen molar-refractivity contribution in [2.75, 3.05) is 0 Å². The third kappa shape index (κ3) is 2.01. The van der Waals surface area contributed by atoms with E-state index in [4.69, 9.17) is 33.4 Å². The van der Waals surface area contributed by atoms with E-state index in [-0.39, 0.29) is 0 Å². The first-order valence-electron chi connectivity index (χ1n) is 2.18. The molecule has 0 radical (unpaired) electrons. The Hall–Kier alpha value is 0.01000. The number of rotatable bonds is 2. The van der Waals surface area contributed by atoms with E-state index in [9.17, 15) is 4.79 Å². The number of carbonyl (C=O) groups is 1. The van der Waals surface area contributed by atoms with Gasteiger partial charge in [-0.3, -0.25) is 0 Å². The number of carboxylic acid groups (broad SMARTS) is 1. The largest absolute Gasteiger partial charge is 0.479 e. The van der Waals surface area contributed by atoms with Gasteiger partial charge in [0.05, 0.1) is 6.10 Å². The van der Waals surface area contributed by atoms with Gasteiger partial charge in [-0.2, -0.15) is 0 Å². The van der Waals surface area contributed by atoms with E-state index < -0.39 is 16.4 Å². The molecule has 2 N–H and O–H groups in total. The Labute approximate surface area is 62.2 Å². The van der Waals surface area contributed by atoms with Gasteiger partial charge in [0.2, 0.25) is 4.33 Å². The number of hydrogen-bond donors (Lipinski definition) is 2. The summed E-state index contributed by atoms with van der Waals surface area (Å²) in [6.07, 6.45) is -1.28. The molecule has 1 unspecified atom stereocenters. The van der Waals surface area contributed by atoms with Crippen LogP contribution in [0.4, 0.5) is 0 Å². The molecule has 0 aliphatic rings. The minimum atomic E-state index is -2.08. The average Bonchev–Trinajstić information content (AvgIpc) is 1.65. The van der Waals surface area contributed by atoms with E-state index in [1.807, 2.05) is 0 Å². The first kappa shape index (κ1) is 9.01. The highest BCUT2D eigenvalue weighted by Crippen LogP contribution is 2.24. The summed E-state index contributed by atoms with van der Waals surface area (Å²) in [6, 6.07) is 0. The molecule has 0 aromatic heterocycles. The van der Waals surface area contributed by atoms with Gasteiger partial charge in [-0.05, 0) is 6.92 Å². The van der Waals surface area contributed by atoms with Crippen LogP contribution in [0.25, 0.3) is 0 Å². The Morgan fingerprint density at radius 1 is 1.67 bits per heavy atom. The van der Waals surface area contributed by atoms with Gasteiger partial charge in [0.15, 0.2) is 0 Å². The van der Waals surface area contributed by atoms with Gasteiger partial charge in [0.25, 0.3) is 0 Å². The third-order valence-corrected chi connectivity index (χ3v) is 1.76. The monoisotopic (exact) mass is 172 g/mol. The lowest BCUT2D eigenvalue weighted by Crippen LogP contribution is -2.36. The maximum atomic E-state index is 10.0. The molecule has 0 bridgehead atoms. The lowest BCUT2D eigenvalue weighted by molar-refractivity contribution is -0.139. The summed E-state index contributed by atoms with van der Waals surface area (Å²) in [5.41, 5.74) is 0. The molecule has 0 aromatic rings. The summed E-state index contributed by atoms with van der Waals surface area (Å²) in [5.74, 6) is -1.44. The normalized spacial score (nSPS) is 15.1. The van der Waals surface area contributed by atoms with E-state index in [2.05, 4.69) is 0 Å². The van der Waals surface area contributed by atoms with Crippen molar-refractivity contribution >= 4 is 29.2 Å². The fraction of sp³-hybridized carbons (Fsp3) is 0.750. The molecule has 0 aliphatic carbocycles. The Kier molecular flexibility index (Phi) is 2.73. The molecule has 0 saturated carbocycles. The topological polar surface area (TPSA) is 57.5 Å². The standard InChI is InChI=1S/C4H6Cl2O3/c1-2(7)4(5,6)3(8)9/h2,7H,1H3,(H,8,9). The second-order valence-corrected chi connectivity index (χ2v) is 2.99. The third-order valence-electron chi connectivity index (χ3n) is 0.810. The van der Waals surface area contributed by atoms with Crippen LogP contribution in [-0.2, 0) is 4.79 Å². The quantitative estimate of drug-likeness (QED) is 0.602. The molecule has 1 atom stereocenters. The van der Waals surface area contributed by atoms with Crippen LogP contribution in [0.15, 0.2) is 0 Å². The molecule has 5 heteroatoms. The maximum Gasteiger partial charge on any atom is 0.342 e. The van der Waals surface area contributed by atoms with Crippen molar-refractivity contribution in [2.45, 2.75) is 17.4 Å². The first-order chi connectivity index (χ1) is 3.89. The SMILES string of the molecule is CC(O)C(Cl)(Cl)C(=O)O. The second kappa shape index (κ2) is 2.73. The van der Waals surface area contributed by atoms with Crippen LogP contribution in [0, 0.1) is 0 Å². The Morgan fingerprint density at radius 3 is 2.00 bits per heavy atom. The van der Waals surface area contributed by atoms with Crippen LogP contribution >= 0.6 is 23.2 Å². The average molecular weight is 173 g/mol. The van der Waals surface area contributed by atoms with Gasteiger partial charge >= 0.3 is 5.97 Å². The number of aliphatic hydroxyl groups is 1. The fourth-order valence-corrected chi connectivity index (χ4v) is 0.179. The molecule has 0 amide bonds. The van der Waals surface area contributed by atoms with E-state index in [0.717, 1.165) is 0 Å². The van der Waals surface area contributed by atoms with Gasteiger partial charge < -0.3 is 10.2 Å². The summed E-state index contributed by atoms with van der Waals surface area (Å²) in [7, 11) is 0. The minimum Gasteiger partial charge on any atom is -0.479 e. The van der Waals surface area contributed by atoms with Crippen molar-refractivity contribution in [1.29, 1.82) is 0 Å². The highest BCUT2D eigenvalue weighted by atomic mass is 35.5. The predicted molar refractivity (Wildman–Crippen MR) is 33.8 cm³/mol. The minimum absolute atomic E-state index is 1.20. The summed E-state index contributed by atoms with van der Waals surface area (Å²) in [4.78, 5) is 10.0. The van der Waals surface area contributed by atoms with Gasteiger partial charge in [0, 0.05) is 0 Å². The first-order valence-corrected chi connectivity index (χ1v) is 2.94. The second-order valence-electron chi connectivity index (χ2n) is 1.60. The van der Waals surface area contributed by atoms with Crippen molar-refractivity contribution in [3.05, 3.63) is 0 Å². The summed E-state index contributed by atoms with van der Waals surface area (Å²) >= 11 is 10.2. The van der Waals surface area contributed by atoms with Gasteiger partial charge in [-0.25, -0.2) is 4.79 Å². The molecule has 54 valence electrons. The van der Waals surface area contributed by atoms with Crippen molar-refractivity contribution in [2.24, 2.45) is 0 Å². The molecular weight excluding hydrogens is 167 g/mol. The Balaban J connectivity index is 4.19. The van der Waals surface area contributed by atoms with Crippen molar-refractivity contribution in [3.63, 3.8) is 0 Å². The fourth-order valence-electron chi connectivity index (χ4n) is 0.179. The van der Waals surface area contributed by atoms with Crippen LogP contribution in [0.2, 0.25) is 0 Å².